The lowest BCUT2D eigenvalue weighted by Crippen LogP contribution is -1.98. The number of hydrogen-bond donors (Lipinski definition) is 0. The Balaban J connectivity index is 1.92. The highest BCUT2D eigenvalue weighted by atomic mass is 32.2. The second-order valence-electron chi connectivity index (χ2n) is 6.73. The Bertz CT molecular complexity index is 1420. The molecule has 0 radical (unpaired) electrons. The summed E-state index contributed by atoms with van der Waals surface area (Å²) in [7, 11) is -6.60. The molecule has 2 heterocycles. The normalized spacial score (nSPS) is 12.3. The van der Waals surface area contributed by atoms with Crippen LogP contribution in [0.15, 0.2) is 76.9 Å². The van der Waals surface area contributed by atoms with Crippen LogP contribution < -0.4 is 0 Å². The van der Waals surface area contributed by atoms with Crippen LogP contribution in [0, 0.1) is 0 Å². The van der Waals surface area contributed by atoms with Gasteiger partial charge in [-0.25, -0.2) is 26.3 Å². The van der Waals surface area contributed by atoms with Crippen LogP contribution in [-0.4, -0.2) is 43.9 Å². The molecule has 0 spiro atoms. The zero-order valence-electron chi connectivity index (χ0n) is 15.6. The molecule has 2 aromatic heterocycles. The smallest absolute Gasteiger partial charge is 0.175 e. The lowest BCUT2D eigenvalue weighted by Gasteiger charge is -2.12. The van der Waals surface area contributed by atoms with Gasteiger partial charge in [0.05, 0.1) is 9.79 Å². The first-order chi connectivity index (χ1) is 13.6. The molecule has 0 bridgehead atoms. The lowest BCUT2D eigenvalue weighted by molar-refractivity contribution is 0.600. The highest BCUT2D eigenvalue weighted by Crippen LogP contribution is 2.35. The Hall–Kier alpha value is -3.04. The fourth-order valence-electron chi connectivity index (χ4n) is 3.16. The Labute approximate surface area is 168 Å². The van der Waals surface area contributed by atoms with Crippen LogP contribution in [0.3, 0.4) is 0 Å². The summed E-state index contributed by atoms with van der Waals surface area (Å²) < 4.78 is 48.7. The first kappa shape index (κ1) is 19.3. The fourth-order valence-corrected chi connectivity index (χ4v) is 4.42. The number of rotatable bonds is 4. The second-order valence-corrected chi connectivity index (χ2v) is 10.8. The Morgan fingerprint density at radius 3 is 1.76 bits per heavy atom. The molecule has 0 fully saturated rings. The van der Waals surface area contributed by atoms with Gasteiger partial charge >= 0.3 is 0 Å². The van der Waals surface area contributed by atoms with E-state index in [2.05, 4.69) is 10.1 Å². The summed E-state index contributed by atoms with van der Waals surface area (Å²) in [5, 5.41) is 4.17. The predicted octanol–water partition coefficient (Wildman–Crippen LogP) is 2.87. The van der Waals surface area contributed by atoms with E-state index < -0.39 is 19.7 Å². The van der Waals surface area contributed by atoms with Gasteiger partial charge in [-0.3, -0.25) is 0 Å². The van der Waals surface area contributed by atoms with E-state index in [4.69, 9.17) is 0 Å². The molecule has 7 nitrogen and oxygen atoms in total. The van der Waals surface area contributed by atoms with E-state index >= 15 is 0 Å². The van der Waals surface area contributed by atoms with Crippen LogP contribution in [-0.2, 0) is 19.7 Å². The van der Waals surface area contributed by atoms with Crippen molar-refractivity contribution < 1.29 is 16.8 Å². The van der Waals surface area contributed by atoms with Gasteiger partial charge in [0.25, 0.3) is 0 Å². The van der Waals surface area contributed by atoms with Crippen molar-refractivity contribution in [2.45, 2.75) is 9.79 Å². The van der Waals surface area contributed by atoms with Crippen molar-refractivity contribution in [2.75, 3.05) is 12.5 Å². The van der Waals surface area contributed by atoms with E-state index in [0.717, 1.165) is 28.5 Å². The number of aromatic nitrogens is 3. The van der Waals surface area contributed by atoms with E-state index in [1.54, 1.807) is 59.2 Å². The average molecular weight is 428 g/mol. The van der Waals surface area contributed by atoms with E-state index in [0.29, 0.717) is 5.65 Å². The summed E-state index contributed by atoms with van der Waals surface area (Å²) in [5.74, 6) is 0. The Morgan fingerprint density at radius 2 is 1.24 bits per heavy atom. The average Bonchev–Trinajstić information content (AvgIpc) is 3.15. The third-order valence-corrected chi connectivity index (χ3v) is 6.87. The molecule has 0 amide bonds. The fraction of sp³-hybridized carbons (Fsp3) is 0.100. The van der Waals surface area contributed by atoms with Gasteiger partial charge in [-0.05, 0) is 47.0 Å². The molecule has 0 N–H and O–H groups in total. The van der Waals surface area contributed by atoms with Crippen LogP contribution in [0.4, 0.5) is 0 Å². The van der Waals surface area contributed by atoms with Crippen LogP contribution in [0.5, 0.6) is 0 Å². The minimum absolute atomic E-state index is 0.230. The zero-order valence-corrected chi connectivity index (χ0v) is 17.3. The molecular weight excluding hydrogens is 410 g/mol. The zero-order chi connectivity index (χ0) is 20.8. The SMILES string of the molecule is CS(=O)(=O)c1ccc(-c2ccn3ncnc3c2-c2ccc(S(C)(=O)=O)cc2)cc1. The minimum atomic E-state index is -3.30. The minimum Gasteiger partial charge on any atom is -0.224 e. The lowest BCUT2D eigenvalue weighted by atomic mass is 9.96. The van der Waals surface area contributed by atoms with Crippen molar-refractivity contribution in [2.24, 2.45) is 0 Å². The summed E-state index contributed by atoms with van der Waals surface area (Å²) in [5.41, 5.74) is 3.81. The number of nitrogens with zero attached hydrogens (tertiary/aromatic N) is 3. The number of sulfone groups is 2. The quantitative estimate of drug-likeness (QED) is 0.497. The number of fused-ring (bicyclic) bond motifs is 1. The molecule has 0 aliphatic rings. The first-order valence-electron chi connectivity index (χ1n) is 8.58. The summed E-state index contributed by atoms with van der Waals surface area (Å²) in [6, 6.07) is 15.1. The standard InChI is InChI=1S/C20H17N3O4S2/c1-28(24,25)16-7-3-14(4-8-16)18-11-12-23-20(21-13-22-23)19(18)15-5-9-17(10-6-15)29(2,26)27/h3-13H,1-2H3. The molecule has 4 aromatic rings. The summed E-state index contributed by atoms with van der Waals surface area (Å²) >= 11 is 0. The van der Waals surface area contributed by atoms with Crippen molar-refractivity contribution in [1.29, 1.82) is 0 Å². The van der Waals surface area contributed by atoms with Gasteiger partial charge in [-0.1, -0.05) is 24.3 Å². The summed E-state index contributed by atoms with van der Waals surface area (Å²) in [6.45, 7) is 0. The van der Waals surface area contributed by atoms with Gasteiger partial charge < -0.3 is 0 Å². The molecule has 0 aliphatic heterocycles. The van der Waals surface area contributed by atoms with Gasteiger partial charge in [0.1, 0.15) is 6.33 Å². The highest BCUT2D eigenvalue weighted by Gasteiger charge is 2.16. The van der Waals surface area contributed by atoms with Crippen LogP contribution in [0.1, 0.15) is 0 Å². The molecule has 0 atom stereocenters. The second kappa shape index (κ2) is 6.78. The van der Waals surface area contributed by atoms with Gasteiger partial charge in [-0.15, -0.1) is 0 Å². The van der Waals surface area contributed by atoms with Crippen LogP contribution in [0.2, 0.25) is 0 Å². The van der Waals surface area contributed by atoms with Gasteiger partial charge in [0.15, 0.2) is 25.3 Å². The molecule has 0 saturated heterocycles. The van der Waals surface area contributed by atoms with Gasteiger partial charge in [0.2, 0.25) is 0 Å². The summed E-state index contributed by atoms with van der Waals surface area (Å²) in [4.78, 5) is 4.82. The molecule has 0 unspecified atom stereocenters. The molecular formula is C20H17N3O4S2. The molecule has 2 aromatic carbocycles. The predicted molar refractivity (Wildman–Crippen MR) is 110 cm³/mol. The molecule has 9 heteroatoms. The monoisotopic (exact) mass is 427 g/mol. The van der Waals surface area contributed by atoms with E-state index in [9.17, 15) is 16.8 Å². The largest absolute Gasteiger partial charge is 0.224 e. The first-order valence-corrected chi connectivity index (χ1v) is 12.4. The number of pyridine rings is 1. The third kappa shape index (κ3) is 3.66. The Morgan fingerprint density at radius 1 is 0.724 bits per heavy atom. The van der Waals surface area contributed by atoms with Gasteiger partial charge in [0, 0.05) is 24.3 Å². The number of hydrogen-bond acceptors (Lipinski definition) is 6. The van der Waals surface area contributed by atoms with Gasteiger partial charge in [-0.2, -0.15) is 5.10 Å². The van der Waals surface area contributed by atoms with Crippen molar-refractivity contribution in [3.63, 3.8) is 0 Å². The summed E-state index contributed by atoms with van der Waals surface area (Å²) in [6.07, 6.45) is 5.55. The highest BCUT2D eigenvalue weighted by molar-refractivity contribution is 7.91. The molecule has 148 valence electrons. The van der Waals surface area contributed by atoms with Crippen LogP contribution >= 0.6 is 0 Å². The third-order valence-electron chi connectivity index (χ3n) is 4.61. The number of benzene rings is 2. The van der Waals surface area contributed by atoms with Crippen LogP contribution in [0.25, 0.3) is 27.9 Å². The maximum Gasteiger partial charge on any atom is 0.175 e. The van der Waals surface area contributed by atoms with E-state index in [-0.39, 0.29) is 9.79 Å². The molecule has 29 heavy (non-hydrogen) atoms. The molecule has 0 saturated carbocycles. The molecule has 0 aliphatic carbocycles. The maximum atomic E-state index is 11.8. The van der Waals surface area contributed by atoms with Crippen molar-refractivity contribution in [3.8, 4) is 22.3 Å². The topological polar surface area (TPSA) is 98.5 Å². The van der Waals surface area contributed by atoms with Crippen molar-refractivity contribution in [3.05, 3.63) is 67.1 Å². The van der Waals surface area contributed by atoms with E-state index in [1.807, 2.05) is 6.07 Å². The van der Waals surface area contributed by atoms with Crippen molar-refractivity contribution >= 4 is 25.3 Å². The van der Waals surface area contributed by atoms with Crippen molar-refractivity contribution in [1.82, 2.24) is 14.6 Å². The Kier molecular flexibility index (Phi) is 4.51. The maximum absolute atomic E-state index is 11.8. The van der Waals surface area contributed by atoms with E-state index in [1.165, 1.54) is 12.6 Å². The molecule has 4 rings (SSSR count).